The van der Waals surface area contributed by atoms with Gasteiger partial charge in [0.25, 0.3) is 0 Å². The molecule has 8 nitrogen and oxygen atoms in total. The number of carboxylic acid groups (broad SMARTS) is 2. The van der Waals surface area contributed by atoms with Crippen LogP contribution in [0, 0.1) is 11.2 Å². The summed E-state index contributed by atoms with van der Waals surface area (Å²) in [5.74, 6) is -4.38. The molecule has 0 fully saturated rings. The Bertz CT molecular complexity index is 807. The van der Waals surface area contributed by atoms with Crippen LogP contribution in [0.4, 0.5) is 17.6 Å². The average Bonchev–Trinajstić information content (AvgIpc) is 2.65. The zero-order chi connectivity index (χ0) is 24.4. The Morgan fingerprint density at radius 2 is 1.74 bits per heavy atom. The molecule has 1 rings (SSSR count). The van der Waals surface area contributed by atoms with Crippen LogP contribution in [0.15, 0.2) is 24.3 Å². The third-order valence-electron chi connectivity index (χ3n) is 3.75. The molecule has 0 saturated carbocycles. The smallest absolute Gasteiger partial charge is 0.419 e. The lowest BCUT2D eigenvalue weighted by Gasteiger charge is -2.26. The lowest BCUT2D eigenvalue weighted by Crippen LogP contribution is -2.45. The maximum Gasteiger partial charge on any atom is 0.419 e. The predicted octanol–water partition coefficient (Wildman–Crippen LogP) is 1.90. The molecule has 12 heteroatoms. The van der Waals surface area contributed by atoms with E-state index in [2.05, 4.69) is 5.32 Å². The van der Waals surface area contributed by atoms with E-state index >= 15 is 0 Å². The molecule has 1 aromatic carbocycles. The Morgan fingerprint density at radius 3 is 2.19 bits per heavy atom. The number of carbonyl (C=O) groups excluding carboxylic acids is 1. The van der Waals surface area contributed by atoms with Gasteiger partial charge in [0.05, 0.1) is 18.6 Å². The molecule has 0 radical (unpaired) electrons. The van der Waals surface area contributed by atoms with E-state index in [-0.39, 0.29) is 25.1 Å². The number of aliphatic carboxylic acids is 2. The van der Waals surface area contributed by atoms with Gasteiger partial charge >= 0.3 is 18.1 Å². The number of amides is 1. The SMILES string of the molecule is CC(C)(CO)C(O)C(=O)NCCC(=O)O.O=C(O)C=Cc1ccc(F)c(C(F)(F)F)c1. The Hall–Kier alpha value is -2.99. The second kappa shape index (κ2) is 12.0. The summed E-state index contributed by atoms with van der Waals surface area (Å²) in [6.07, 6.45) is -4.71. The normalized spacial score (nSPS) is 12.6. The number of rotatable bonds is 8. The first-order chi connectivity index (χ1) is 14.1. The molecule has 0 spiro atoms. The van der Waals surface area contributed by atoms with Gasteiger partial charge in [-0.15, -0.1) is 0 Å². The third-order valence-corrected chi connectivity index (χ3v) is 3.75. The standard InChI is InChI=1S/C10H6F4O2.C9H17NO5/c11-8-3-1-6(2-4-9(15)16)5-7(8)10(12,13)14;1-9(2,5-11)7(14)8(15)10-4-3-6(12)13/h1-5H,(H,15,16);7,11,14H,3-5H2,1-2H3,(H,10,15)(H,12,13). The van der Waals surface area contributed by atoms with E-state index < -0.39 is 46.9 Å². The van der Waals surface area contributed by atoms with Crippen LogP contribution in [0.25, 0.3) is 6.08 Å². The van der Waals surface area contributed by atoms with Gasteiger partial charge in [-0.05, 0) is 23.8 Å². The van der Waals surface area contributed by atoms with Crippen molar-refractivity contribution in [3.8, 4) is 0 Å². The summed E-state index contributed by atoms with van der Waals surface area (Å²) in [6.45, 7) is 2.70. The Kier molecular flexibility index (Phi) is 10.8. The molecule has 1 unspecified atom stereocenters. The number of alkyl halides is 3. The van der Waals surface area contributed by atoms with E-state index in [0.717, 1.165) is 12.1 Å². The molecule has 0 aliphatic carbocycles. The molecule has 1 atom stereocenters. The summed E-state index contributed by atoms with van der Waals surface area (Å²) in [5.41, 5.74) is -2.39. The fraction of sp³-hybridized carbons (Fsp3) is 0.421. The largest absolute Gasteiger partial charge is 0.481 e. The second-order valence-electron chi connectivity index (χ2n) is 6.89. The fourth-order valence-corrected chi connectivity index (χ4v) is 1.86. The number of hydrogen-bond donors (Lipinski definition) is 5. The van der Waals surface area contributed by atoms with Crippen molar-refractivity contribution in [2.24, 2.45) is 5.41 Å². The molecular formula is C19H23F4NO7. The van der Waals surface area contributed by atoms with Crippen molar-refractivity contribution in [3.05, 3.63) is 41.2 Å². The zero-order valence-corrected chi connectivity index (χ0v) is 16.6. The molecule has 1 amide bonds. The van der Waals surface area contributed by atoms with Gasteiger partial charge < -0.3 is 25.7 Å². The summed E-state index contributed by atoms with van der Waals surface area (Å²) in [6, 6.07) is 2.25. The van der Waals surface area contributed by atoms with Gasteiger partial charge in [-0.3, -0.25) is 9.59 Å². The van der Waals surface area contributed by atoms with E-state index in [1.54, 1.807) is 0 Å². The monoisotopic (exact) mass is 453 g/mol. The number of halogens is 4. The van der Waals surface area contributed by atoms with E-state index in [9.17, 15) is 37.1 Å². The number of carbonyl (C=O) groups is 3. The van der Waals surface area contributed by atoms with Gasteiger partial charge in [-0.25, -0.2) is 9.18 Å². The fourth-order valence-electron chi connectivity index (χ4n) is 1.86. The molecule has 0 saturated heterocycles. The number of nitrogens with one attached hydrogen (secondary N) is 1. The van der Waals surface area contributed by atoms with Gasteiger partial charge in [-0.2, -0.15) is 13.2 Å². The number of carboxylic acids is 2. The summed E-state index contributed by atoms with van der Waals surface area (Å²) >= 11 is 0. The molecule has 1 aromatic rings. The maximum absolute atomic E-state index is 12.8. The van der Waals surface area contributed by atoms with Gasteiger partial charge in [0.15, 0.2) is 0 Å². The van der Waals surface area contributed by atoms with Crippen LogP contribution in [0.2, 0.25) is 0 Å². The predicted molar refractivity (Wildman–Crippen MR) is 100 cm³/mol. The van der Waals surface area contributed by atoms with Gasteiger partial charge in [-0.1, -0.05) is 19.9 Å². The van der Waals surface area contributed by atoms with Crippen LogP contribution >= 0.6 is 0 Å². The molecule has 0 bridgehead atoms. The van der Waals surface area contributed by atoms with E-state index in [1.165, 1.54) is 13.8 Å². The highest BCUT2D eigenvalue weighted by atomic mass is 19.4. The first-order valence-corrected chi connectivity index (χ1v) is 8.68. The number of aliphatic hydroxyl groups excluding tert-OH is 2. The highest BCUT2D eigenvalue weighted by Gasteiger charge is 2.34. The molecule has 0 heterocycles. The van der Waals surface area contributed by atoms with Crippen molar-refractivity contribution in [2.75, 3.05) is 13.2 Å². The molecule has 5 N–H and O–H groups in total. The molecule has 0 aliphatic rings. The summed E-state index contributed by atoms with van der Waals surface area (Å²) in [4.78, 5) is 31.6. The van der Waals surface area contributed by atoms with Crippen molar-refractivity contribution < 1.29 is 52.4 Å². The lowest BCUT2D eigenvalue weighted by molar-refractivity contribution is -0.140. The zero-order valence-electron chi connectivity index (χ0n) is 16.6. The van der Waals surface area contributed by atoms with Crippen molar-refractivity contribution in [3.63, 3.8) is 0 Å². The Balaban J connectivity index is 0.000000582. The van der Waals surface area contributed by atoms with Crippen LogP contribution in [0.3, 0.4) is 0 Å². The number of aliphatic hydroxyl groups is 2. The van der Waals surface area contributed by atoms with Crippen molar-refractivity contribution >= 4 is 23.9 Å². The third kappa shape index (κ3) is 10.6. The minimum absolute atomic E-state index is 0.0314. The van der Waals surface area contributed by atoms with Crippen molar-refractivity contribution in [2.45, 2.75) is 32.5 Å². The second-order valence-corrected chi connectivity index (χ2v) is 6.89. The summed E-state index contributed by atoms with van der Waals surface area (Å²) in [7, 11) is 0. The minimum atomic E-state index is -4.79. The average molecular weight is 453 g/mol. The van der Waals surface area contributed by atoms with Crippen LogP contribution < -0.4 is 5.32 Å². The van der Waals surface area contributed by atoms with Crippen LogP contribution in [0.5, 0.6) is 0 Å². The van der Waals surface area contributed by atoms with Gasteiger partial charge in [0.2, 0.25) is 5.91 Å². The van der Waals surface area contributed by atoms with Crippen LogP contribution in [-0.4, -0.2) is 57.5 Å². The van der Waals surface area contributed by atoms with E-state index in [4.69, 9.17) is 15.3 Å². The number of benzene rings is 1. The molecule has 31 heavy (non-hydrogen) atoms. The molecule has 0 aromatic heterocycles. The highest BCUT2D eigenvalue weighted by molar-refractivity contribution is 5.85. The van der Waals surface area contributed by atoms with Crippen molar-refractivity contribution in [1.82, 2.24) is 5.32 Å². The van der Waals surface area contributed by atoms with Gasteiger partial charge in [0, 0.05) is 18.0 Å². The van der Waals surface area contributed by atoms with Crippen LogP contribution in [-0.2, 0) is 20.6 Å². The van der Waals surface area contributed by atoms with E-state index in [0.29, 0.717) is 18.2 Å². The maximum atomic E-state index is 12.8. The molecule has 0 aliphatic heterocycles. The first kappa shape index (κ1) is 28.0. The van der Waals surface area contributed by atoms with Gasteiger partial charge in [0.1, 0.15) is 11.9 Å². The molecule has 174 valence electrons. The number of hydrogen-bond acceptors (Lipinski definition) is 5. The van der Waals surface area contributed by atoms with Crippen LogP contribution in [0.1, 0.15) is 31.4 Å². The first-order valence-electron chi connectivity index (χ1n) is 8.68. The summed E-state index contributed by atoms with van der Waals surface area (Å²) < 4.78 is 49.5. The topological polar surface area (TPSA) is 144 Å². The Morgan fingerprint density at radius 1 is 1.16 bits per heavy atom. The minimum Gasteiger partial charge on any atom is -0.481 e. The van der Waals surface area contributed by atoms with Crippen molar-refractivity contribution in [1.29, 1.82) is 0 Å². The summed E-state index contributed by atoms with van der Waals surface area (Å²) in [5, 5.41) is 37.3. The lowest BCUT2D eigenvalue weighted by atomic mass is 9.87. The van der Waals surface area contributed by atoms with E-state index in [1.807, 2.05) is 0 Å². The molecular weight excluding hydrogens is 430 g/mol. The highest BCUT2D eigenvalue weighted by Crippen LogP contribution is 2.32. The quantitative estimate of drug-likeness (QED) is 0.299. The Labute approximate surface area is 174 Å².